The molecule has 0 unspecified atom stereocenters. The molecule has 0 aromatic rings. The van der Waals surface area contributed by atoms with Gasteiger partial charge in [-0.05, 0) is 12.8 Å². The van der Waals surface area contributed by atoms with Crippen LogP contribution in [0.5, 0.6) is 0 Å². The normalized spacial score (nSPS) is 9.38. The maximum Gasteiger partial charge on any atom is 0.323 e. The number of hydrazine groups is 1. The van der Waals surface area contributed by atoms with Gasteiger partial charge in [0.2, 0.25) is 0 Å². The molecule has 0 heterocycles. The number of carbonyl (C=O) groups is 2. The lowest BCUT2D eigenvalue weighted by atomic mass is 10.3. The third-order valence-electron chi connectivity index (χ3n) is 1.40. The van der Waals surface area contributed by atoms with Crippen LogP contribution in [0, 0.1) is 0 Å². The van der Waals surface area contributed by atoms with Gasteiger partial charge in [0.05, 0.1) is 0 Å². The van der Waals surface area contributed by atoms with Gasteiger partial charge in [0.1, 0.15) is 0 Å². The minimum Gasteiger partial charge on any atom is -0.385 e. The van der Waals surface area contributed by atoms with Gasteiger partial charge >= 0.3 is 11.8 Å². The molecule has 0 rings (SSSR count). The second kappa shape index (κ2) is 7.51. The van der Waals surface area contributed by atoms with Crippen LogP contribution in [0.2, 0.25) is 0 Å². The summed E-state index contributed by atoms with van der Waals surface area (Å²) in [5.74, 6) is 3.21. The van der Waals surface area contributed by atoms with Crippen LogP contribution in [0.25, 0.3) is 0 Å². The summed E-state index contributed by atoms with van der Waals surface area (Å²) in [7, 11) is 1.61. The average molecular weight is 189 g/mol. The van der Waals surface area contributed by atoms with Crippen LogP contribution in [0.3, 0.4) is 0 Å². The van der Waals surface area contributed by atoms with Crippen molar-refractivity contribution in [3.63, 3.8) is 0 Å². The topological polar surface area (TPSA) is 93.4 Å². The predicted molar refractivity (Wildman–Crippen MR) is 46.4 cm³/mol. The molecule has 4 N–H and O–H groups in total. The molecule has 0 aliphatic rings. The van der Waals surface area contributed by atoms with Gasteiger partial charge < -0.3 is 10.1 Å². The summed E-state index contributed by atoms with van der Waals surface area (Å²) in [5, 5.41) is 2.41. The maximum atomic E-state index is 10.8. The van der Waals surface area contributed by atoms with Crippen LogP contribution < -0.4 is 16.6 Å². The number of methoxy groups -OCH3 is 1. The van der Waals surface area contributed by atoms with Crippen LogP contribution in [0.4, 0.5) is 0 Å². The van der Waals surface area contributed by atoms with Gasteiger partial charge in [-0.3, -0.25) is 15.0 Å². The predicted octanol–water partition coefficient (Wildman–Crippen LogP) is -1.48. The molecule has 0 radical (unpaired) electrons. The van der Waals surface area contributed by atoms with E-state index in [-0.39, 0.29) is 0 Å². The van der Waals surface area contributed by atoms with E-state index in [1.54, 1.807) is 12.5 Å². The van der Waals surface area contributed by atoms with Crippen molar-refractivity contribution in [3.8, 4) is 0 Å². The summed E-state index contributed by atoms with van der Waals surface area (Å²) in [6.45, 7) is 1.11. The Morgan fingerprint density at radius 1 is 1.31 bits per heavy atom. The number of hydrogen-bond acceptors (Lipinski definition) is 4. The first kappa shape index (κ1) is 11.9. The van der Waals surface area contributed by atoms with Crippen molar-refractivity contribution in [2.24, 2.45) is 5.84 Å². The van der Waals surface area contributed by atoms with Crippen LogP contribution in [-0.4, -0.2) is 32.1 Å². The van der Waals surface area contributed by atoms with Crippen molar-refractivity contribution in [1.82, 2.24) is 10.7 Å². The Labute approximate surface area is 76.8 Å². The van der Waals surface area contributed by atoms with Crippen LogP contribution in [-0.2, 0) is 14.3 Å². The molecule has 0 saturated carbocycles. The maximum absolute atomic E-state index is 10.8. The lowest BCUT2D eigenvalue weighted by molar-refractivity contribution is -0.139. The fourth-order valence-corrected chi connectivity index (χ4v) is 0.719. The fraction of sp³-hybridized carbons (Fsp3) is 0.714. The first-order valence-electron chi connectivity index (χ1n) is 4.00. The minimum atomic E-state index is -0.827. The molecule has 13 heavy (non-hydrogen) atoms. The number of unbranched alkanes of at least 4 members (excludes halogenated alkanes) is 1. The van der Waals surface area contributed by atoms with Gasteiger partial charge in [-0.2, -0.15) is 0 Å². The van der Waals surface area contributed by atoms with Gasteiger partial charge in [-0.1, -0.05) is 0 Å². The molecule has 0 aliphatic heterocycles. The number of rotatable bonds is 5. The molecule has 0 atom stereocenters. The van der Waals surface area contributed by atoms with Crippen molar-refractivity contribution in [2.75, 3.05) is 20.3 Å². The molecule has 0 saturated heterocycles. The highest BCUT2D eigenvalue weighted by atomic mass is 16.5. The molecule has 0 aromatic carbocycles. The minimum absolute atomic E-state index is 0.454. The molecule has 0 bridgehead atoms. The number of ether oxygens (including phenoxy) is 1. The Kier molecular flexibility index (Phi) is 6.85. The molecule has 0 spiro atoms. The van der Waals surface area contributed by atoms with Crippen LogP contribution >= 0.6 is 0 Å². The van der Waals surface area contributed by atoms with Gasteiger partial charge in [0.15, 0.2) is 0 Å². The molecule has 0 aliphatic carbocycles. The standard InChI is InChI=1S/C7H15N3O3/c1-13-5-3-2-4-9-6(11)7(12)10-8/h2-5,8H2,1H3,(H,9,11)(H,10,12). The van der Waals surface area contributed by atoms with Crippen molar-refractivity contribution in [2.45, 2.75) is 12.8 Å². The van der Waals surface area contributed by atoms with Crippen LogP contribution in [0.1, 0.15) is 12.8 Å². The number of carbonyl (C=O) groups excluding carboxylic acids is 2. The summed E-state index contributed by atoms with van der Waals surface area (Å²) < 4.78 is 4.81. The zero-order valence-electron chi connectivity index (χ0n) is 7.63. The number of hydrogen-bond donors (Lipinski definition) is 3. The van der Waals surface area contributed by atoms with E-state index in [0.29, 0.717) is 13.2 Å². The summed E-state index contributed by atoms with van der Waals surface area (Å²) in [4.78, 5) is 21.3. The Hall–Kier alpha value is -1.14. The van der Waals surface area contributed by atoms with E-state index in [1.807, 2.05) is 0 Å². The Balaban J connectivity index is 3.32. The van der Waals surface area contributed by atoms with E-state index in [2.05, 4.69) is 5.32 Å². The Morgan fingerprint density at radius 2 is 2.00 bits per heavy atom. The first-order valence-corrected chi connectivity index (χ1v) is 4.00. The van der Waals surface area contributed by atoms with Crippen molar-refractivity contribution in [3.05, 3.63) is 0 Å². The lowest BCUT2D eigenvalue weighted by Crippen LogP contribution is -2.43. The molecule has 76 valence electrons. The highest BCUT2D eigenvalue weighted by molar-refractivity contribution is 6.34. The Morgan fingerprint density at radius 3 is 2.54 bits per heavy atom. The Bertz CT molecular complexity index is 172. The van der Waals surface area contributed by atoms with Gasteiger partial charge in [-0.15, -0.1) is 0 Å². The summed E-state index contributed by atoms with van der Waals surface area (Å²) in [5.41, 5.74) is 1.74. The van der Waals surface area contributed by atoms with E-state index in [1.165, 1.54) is 0 Å². The van der Waals surface area contributed by atoms with E-state index < -0.39 is 11.8 Å². The van der Waals surface area contributed by atoms with Gasteiger partial charge in [-0.25, -0.2) is 5.84 Å². The molecule has 2 amide bonds. The number of amides is 2. The van der Waals surface area contributed by atoms with Crippen LogP contribution in [0.15, 0.2) is 0 Å². The van der Waals surface area contributed by atoms with Gasteiger partial charge in [0, 0.05) is 20.3 Å². The second-order valence-electron chi connectivity index (χ2n) is 2.43. The highest BCUT2D eigenvalue weighted by Crippen LogP contribution is 1.86. The molecule has 0 aromatic heterocycles. The largest absolute Gasteiger partial charge is 0.385 e. The smallest absolute Gasteiger partial charge is 0.323 e. The first-order chi connectivity index (χ1) is 6.22. The summed E-state index contributed by atoms with van der Waals surface area (Å²) in [6.07, 6.45) is 1.62. The molecule has 0 fully saturated rings. The van der Waals surface area contributed by atoms with Gasteiger partial charge in [0.25, 0.3) is 0 Å². The summed E-state index contributed by atoms with van der Waals surface area (Å²) >= 11 is 0. The van der Waals surface area contributed by atoms with Crippen molar-refractivity contribution in [1.29, 1.82) is 0 Å². The SMILES string of the molecule is COCCCCNC(=O)C(=O)NN. The zero-order valence-corrected chi connectivity index (χ0v) is 7.63. The average Bonchev–Trinajstić information content (AvgIpc) is 2.16. The van der Waals surface area contributed by atoms with E-state index in [4.69, 9.17) is 10.6 Å². The van der Waals surface area contributed by atoms with Crippen molar-refractivity contribution < 1.29 is 14.3 Å². The quantitative estimate of drug-likeness (QED) is 0.162. The molecular weight excluding hydrogens is 174 g/mol. The second-order valence-corrected chi connectivity index (χ2v) is 2.43. The third-order valence-corrected chi connectivity index (χ3v) is 1.40. The molecular formula is C7H15N3O3. The highest BCUT2D eigenvalue weighted by Gasteiger charge is 2.09. The number of nitrogens with two attached hydrogens (primary N) is 1. The lowest BCUT2D eigenvalue weighted by Gasteiger charge is -2.02. The van der Waals surface area contributed by atoms with E-state index in [9.17, 15) is 9.59 Å². The third kappa shape index (κ3) is 6.06. The number of nitrogens with one attached hydrogen (secondary N) is 2. The molecule has 6 nitrogen and oxygen atoms in total. The van der Waals surface area contributed by atoms with Crippen molar-refractivity contribution >= 4 is 11.8 Å². The monoisotopic (exact) mass is 189 g/mol. The van der Waals surface area contributed by atoms with E-state index >= 15 is 0 Å². The summed E-state index contributed by atoms with van der Waals surface area (Å²) in [6, 6.07) is 0. The fourth-order valence-electron chi connectivity index (χ4n) is 0.719. The van der Waals surface area contributed by atoms with E-state index in [0.717, 1.165) is 12.8 Å². The zero-order chi connectivity index (χ0) is 10.1. The molecule has 6 heteroatoms.